The molecule has 0 N–H and O–H groups in total. The van der Waals surface area contributed by atoms with E-state index < -0.39 is 0 Å². The number of ether oxygens (including phenoxy) is 1. The van der Waals surface area contributed by atoms with Crippen molar-refractivity contribution in [2.45, 2.75) is 13.3 Å². The molecule has 0 heterocycles. The van der Waals surface area contributed by atoms with Gasteiger partial charge in [0.1, 0.15) is 0 Å². The first-order valence-corrected chi connectivity index (χ1v) is 7.24. The van der Waals surface area contributed by atoms with Gasteiger partial charge in [-0.2, -0.15) is 0 Å². The average molecular weight is 301 g/mol. The van der Waals surface area contributed by atoms with Crippen LogP contribution in [-0.2, 0) is 16.0 Å². The van der Waals surface area contributed by atoms with E-state index in [2.05, 4.69) is 0 Å². The summed E-state index contributed by atoms with van der Waals surface area (Å²) in [7, 11) is 0. The van der Waals surface area contributed by atoms with Gasteiger partial charge < -0.3 is 4.74 Å². The fraction of sp³-hybridized carbons (Fsp3) is 0.167. The van der Waals surface area contributed by atoms with Gasteiger partial charge in [0.2, 0.25) is 0 Å². The fourth-order valence-electron chi connectivity index (χ4n) is 1.98. The number of rotatable bonds is 5. The van der Waals surface area contributed by atoms with Crippen molar-refractivity contribution in [3.63, 3.8) is 0 Å². The number of hydrogen-bond donors (Lipinski definition) is 0. The van der Waals surface area contributed by atoms with Crippen molar-refractivity contribution in [1.82, 2.24) is 0 Å². The first-order chi connectivity index (χ1) is 10.2. The Hall–Kier alpha value is -2.06. The predicted octanol–water partition coefficient (Wildman–Crippen LogP) is 4.53. The molecule has 2 aromatic carbocycles. The van der Waals surface area contributed by atoms with Crippen LogP contribution in [0.5, 0.6) is 0 Å². The molecule has 21 heavy (non-hydrogen) atoms. The van der Waals surface area contributed by atoms with Crippen molar-refractivity contribution >= 4 is 23.6 Å². The molecule has 0 atom stereocenters. The third kappa shape index (κ3) is 4.76. The summed E-state index contributed by atoms with van der Waals surface area (Å²) in [6, 6.07) is 17.2. The lowest BCUT2D eigenvalue weighted by Gasteiger charge is -2.08. The first-order valence-electron chi connectivity index (χ1n) is 6.86. The van der Waals surface area contributed by atoms with Crippen LogP contribution in [0.1, 0.15) is 18.1 Å². The van der Waals surface area contributed by atoms with Crippen LogP contribution in [0.2, 0.25) is 5.02 Å². The highest BCUT2D eigenvalue weighted by Crippen LogP contribution is 2.16. The average Bonchev–Trinajstić information content (AvgIpc) is 2.50. The van der Waals surface area contributed by atoms with E-state index in [0.717, 1.165) is 11.1 Å². The normalized spacial score (nSPS) is 11.2. The van der Waals surface area contributed by atoms with E-state index >= 15 is 0 Å². The Labute approximate surface area is 130 Å². The summed E-state index contributed by atoms with van der Waals surface area (Å²) in [5, 5.41) is 0.684. The van der Waals surface area contributed by atoms with Gasteiger partial charge in [0, 0.05) is 17.0 Å². The van der Waals surface area contributed by atoms with Crippen LogP contribution in [0.25, 0.3) is 6.08 Å². The maximum atomic E-state index is 12.1. The minimum atomic E-state index is -0.281. The van der Waals surface area contributed by atoms with E-state index in [1.165, 1.54) is 0 Å². The number of benzene rings is 2. The summed E-state index contributed by atoms with van der Waals surface area (Å²) in [6.45, 7) is 2.17. The molecule has 2 rings (SSSR count). The second-order valence-electron chi connectivity index (χ2n) is 4.60. The number of esters is 1. The fourth-order valence-corrected chi connectivity index (χ4v) is 2.10. The Balaban J connectivity index is 2.26. The second kappa shape index (κ2) is 7.65. The molecule has 0 spiro atoms. The zero-order chi connectivity index (χ0) is 15.1. The van der Waals surface area contributed by atoms with E-state index in [0.29, 0.717) is 23.6 Å². The maximum absolute atomic E-state index is 12.1. The van der Waals surface area contributed by atoms with Gasteiger partial charge in [0.25, 0.3) is 0 Å². The summed E-state index contributed by atoms with van der Waals surface area (Å²) in [6.07, 6.45) is 2.39. The highest BCUT2D eigenvalue weighted by Gasteiger charge is 2.11. The Morgan fingerprint density at radius 3 is 2.38 bits per heavy atom. The van der Waals surface area contributed by atoms with Gasteiger partial charge in [-0.05, 0) is 36.3 Å². The molecular weight excluding hydrogens is 284 g/mol. The van der Waals surface area contributed by atoms with Crippen molar-refractivity contribution in [2.75, 3.05) is 6.61 Å². The zero-order valence-electron chi connectivity index (χ0n) is 11.9. The van der Waals surface area contributed by atoms with Crippen LogP contribution < -0.4 is 0 Å². The van der Waals surface area contributed by atoms with E-state index in [1.54, 1.807) is 6.92 Å². The molecule has 0 fully saturated rings. The van der Waals surface area contributed by atoms with Crippen LogP contribution in [0.15, 0.2) is 60.2 Å². The molecule has 0 unspecified atom stereocenters. The van der Waals surface area contributed by atoms with E-state index in [1.807, 2.05) is 60.7 Å². The molecule has 2 aromatic rings. The molecular formula is C18H17ClO2. The number of carbonyl (C=O) groups is 1. The van der Waals surface area contributed by atoms with Crippen LogP contribution in [-0.4, -0.2) is 12.6 Å². The van der Waals surface area contributed by atoms with Crippen molar-refractivity contribution in [1.29, 1.82) is 0 Å². The highest BCUT2D eigenvalue weighted by atomic mass is 35.5. The first kappa shape index (κ1) is 15.3. The number of carbonyl (C=O) groups excluding carboxylic acids is 1. The molecule has 0 bridgehead atoms. The van der Waals surface area contributed by atoms with Gasteiger partial charge in [0.15, 0.2) is 0 Å². The summed E-state index contributed by atoms with van der Waals surface area (Å²) in [5.41, 5.74) is 2.63. The molecule has 0 aromatic heterocycles. The topological polar surface area (TPSA) is 26.3 Å². The van der Waals surface area contributed by atoms with Crippen molar-refractivity contribution in [3.05, 3.63) is 76.3 Å². The predicted molar refractivity (Wildman–Crippen MR) is 86.2 cm³/mol. The molecule has 0 aliphatic heterocycles. The Bertz CT molecular complexity index is 615. The van der Waals surface area contributed by atoms with Crippen LogP contribution in [0, 0.1) is 0 Å². The van der Waals surface area contributed by atoms with Crippen LogP contribution in [0.3, 0.4) is 0 Å². The maximum Gasteiger partial charge on any atom is 0.334 e. The lowest BCUT2D eigenvalue weighted by Crippen LogP contribution is -2.09. The van der Waals surface area contributed by atoms with E-state index in [9.17, 15) is 4.79 Å². The third-order valence-electron chi connectivity index (χ3n) is 2.99. The second-order valence-corrected chi connectivity index (χ2v) is 5.04. The zero-order valence-corrected chi connectivity index (χ0v) is 12.6. The third-order valence-corrected chi connectivity index (χ3v) is 3.24. The molecule has 0 radical (unpaired) electrons. The lowest BCUT2D eigenvalue weighted by molar-refractivity contribution is -0.138. The molecule has 3 heteroatoms. The molecule has 2 nitrogen and oxygen atoms in total. The minimum Gasteiger partial charge on any atom is -0.463 e. The molecule has 0 amide bonds. The summed E-state index contributed by atoms with van der Waals surface area (Å²) in [4.78, 5) is 12.1. The van der Waals surface area contributed by atoms with E-state index in [4.69, 9.17) is 16.3 Å². The minimum absolute atomic E-state index is 0.281. The van der Waals surface area contributed by atoms with Gasteiger partial charge in [-0.1, -0.05) is 54.1 Å². The Morgan fingerprint density at radius 2 is 1.76 bits per heavy atom. The van der Waals surface area contributed by atoms with Gasteiger partial charge >= 0.3 is 5.97 Å². The summed E-state index contributed by atoms with van der Waals surface area (Å²) in [5.74, 6) is -0.281. The molecule has 0 saturated heterocycles. The van der Waals surface area contributed by atoms with Crippen molar-refractivity contribution in [3.8, 4) is 0 Å². The number of halogens is 1. The smallest absolute Gasteiger partial charge is 0.334 e. The molecule has 0 aliphatic carbocycles. The van der Waals surface area contributed by atoms with E-state index in [-0.39, 0.29) is 5.97 Å². The van der Waals surface area contributed by atoms with Crippen molar-refractivity contribution < 1.29 is 9.53 Å². The molecule has 0 aliphatic rings. The Morgan fingerprint density at radius 1 is 1.10 bits per heavy atom. The van der Waals surface area contributed by atoms with Gasteiger partial charge in [-0.25, -0.2) is 4.79 Å². The summed E-state index contributed by atoms with van der Waals surface area (Å²) < 4.78 is 5.14. The SMILES string of the molecule is CCOC(=O)/C(=C/c1ccccc1)Cc1ccc(Cl)cc1. The van der Waals surface area contributed by atoms with Crippen LogP contribution >= 0.6 is 11.6 Å². The lowest BCUT2D eigenvalue weighted by atomic mass is 10.0. The Kier molecular flexibility index (Phi) is 5.59. The molecule has 0 saturated carbocycles. The van der Waals surface area contributed by atoms with Gasteiger partial charge in [-0.15, -0.1) is 0 Å². The monoisotopic (exact) mass is 300 g/mol. The largest absolute Gasteiger partial charge is 0.463 e. The molecule has 108 valence electrons. The van der Waals surface area contributed by atoms with Gasteiger partial charge in [-0.3, -0.25) is 0 Å². The number of hydrogen-bond acceptors (Lipinski definition) is 2. The van der Waals surface area contributed by atoms with Gasteiger partial charge in [0.05, 0.1) is 6.61 Å². The summed E-state index contributed by atoms with van der Waals surface area (Å²) >= 11 is 5.88. The highest BCUT2D eigenvalue weighted by molar-refractivity contribution is 6.30. The standard InChI is InChI=1S/C18H17ClO2/c1-2-21-18(20)16(12-14-6-4-3-5-7-14)13-15-8-10-17(19)11-9-15/h3-12H,2,13H2,1H3/b16-12+. The quantitative estimate of drug-likeness (QED) is 0.599. The van der Waals surface area contributed by atoms with Crippen molar-refractivity contribution in [2.24, 2.45) is 0 Å². The van der Waals surface area contributed by atoms with Crippen LogP contribution in [0.4, 0.5) is 0 Å².